The second-order valence-electron chi connectivity index (χ2n) is 5.71. The van der Waals surface area contributed by atoms with Gasteiger partial charge < -0.3 is 0 Å². The Hall–Kier alpha value is -1.27. The predicted molar refractivity (Wildman–Crippen MR) is 86.5 cm³/mol. The number of halogens is 1. The van der Waals surface area contributed by atoms with Gasteiger partial charge in [-0.2, -0.15) is 0 Å². The summed E-state index contributed by atoms with van der Waals surface area (Å²) in [6, 6.07) is 17.5. The highest BCUT2D eigenvalue weighted by atomic mass is 35.5. The summed E-state index contributed by atoms with van der Waals surface area (Å²) >= 11 is 6.81. The molecule has 2 aromatic rings. The first-order valence-corrected chi connectivity index (χ1v) is 8.04. The van der Waals surface area contributed by atoms with Gasteiger partial charge in [0, 0.05) is 5.92 Å². The maximum atomic E-state index is 6.81. The van der Waals surface area contributed by atoms with E-state index < -0.39 is 0 Å². The van der Waals surface area contributed by atoms with Crippen LogP contribution in [0.15, 0.2) is 48.5 Å². The molecule has 0 nitrogen and oxygen atoms in total. The van der Waals surface area contributed by atoms with Crippen LogP contribution in [-0.4, -0.2) is 0 Å². The van der Waals surface area contributed by atoms with Gasteiger partial charge in [-0.15, -0.1) is 11.6 Å². The summed E-state index contributed by atoms with van der Waals surface area (Å²) in [5.74, 6) is 0.386. The number of fused-ring (bicyclic) bond motifs is 1. The molecule has 0 saturated heterocycles. The number of hydrogen-bond acceptors (Lipinski definition) is 0. The lowest BCUT2D eigenvalue weighted by Crippen LogP contribution is -2.06. The molecule has 2 atom stereocenters. The third-order valence-electron chi connectivity index (χ3n) is 4.46. The predicted octanol–water partition coefficient (Wildman–Crippen LogP) is 5.65. The third-order valence-corrected chi connectivity index (χ3v) is 5.02. The Morgan fingerprint density at radius 3 is 2.45 bits per heavy atom. The lowest BCUT2D eigenvalue weighted by Gasteiger charge is -2.22. The Morgan fingerprint density at radius 1 is 0.950 bits per heavy atom. The fourth-order valence-corrected chi connectivity index (χ4v) is 3.77. The van der Waals surface area contributed by atoms with E-state index in [9.17, 15) is 0 Å². The van der Waals surface area contributed by atoms with E-state index >= 15 is 0 Å². The van der Waals surface area contributed by atoms with E-state index in [1.807, 2.05) is 0 Å². The monoisotopic (exact) mass is 284 g/mol. The van der Waals surface area contributed by atoms with E-state index in [-0.39, 0.29) is 5.38 Å². The summed E-state index contributed by atoms with van der Waals surface area (Å²) in [6.45, 7) is 2.22. The Bertz CT molecular complexity index is 574. The molecule has 20 heavy (non-hydrogen) atoms. The minimum atomic E-state index is 0.0632. The molecule has 1 aliphatic rings. The van der Waals surface area contributed by atoms with E-state index in [2.05, 4.69) is 55.5 Å². The molecule has 104 valence electrons. The molecule has 0 heterocycles. The Kier molecular flexibility index (Phi) is 4.12. The molecule has 3 rings (SSSR count). The molecule has 0 radical (unpaired) electrons. The summed E-state index contributed by atoms with van der Waals surface area (Å²) in [6.07, 6.45) is 4.81. The van der Waals surface area contributed by atoms with Gasteiger partial charge in [0.1, 0.15) is 0 Å². The lowest BCUT2D eigenvalue weighted by molar-refractivity contribution is 0.640. The summed E-state index contributed by atoms with van der Waals surface area (Å²) in [4.78, 5) is 0. The van der Waals surface area contributed by atoms with E-state index in [1.165, 1.54) is 41.5 Å². The number of alkyl halides is 1. The van der Waals surface area contributed by atoms with E-state index in [0.29, 0.717) is 5.92 Å². The molecule has 1 heteroatoms. The number of rotatable bonds is 4. The van der Waals surface area contributed by atoms with Crippen molar-refractivity contribution in [1.29, 1.82) is 0 Å². The normalized spacial score (nSPS) is 16.7. The highest BCUT2D eigenvalue weighted by Crippen LogP contribution is 2.39. The molecule has 0 spiro atoms. The van der Waals surface area contributed by atoms with Crippen molar-refractivity contribution in [1.82, 2.24) is 0 Å². The number of aryl methyl sites for hydroxylation is 2. The molecular formula is C19H21Cl. The van der Waals surface area contributed by atoms with Gasteiger partial charge in [-0.3, -0.25) is 0 Å². The number of hydrogen-bond donors (Lipinski definition) is 0. The van der Waals surface area contributed by atoms with E-state index in [1.54, 1.807) is 0 Å². The first-order chi connectivity index (χ1) is 9.79. The highest BCUT2D eigenvalue weighted by molar-refractivity contribution is 6.21. The number of benzene rings is 2. The molecule has 0 saturated carbocycles. The fraction of sp³-hybridized carbons (Fsp3) is 0.368. The smallest absolute Gasteiger partial charge is 0.0653 e. The van der Waals surface area contributed by atoms with Crippen LogP contribution in [0.3, 0.4) is 0 Å². The Labute approximate surface area is 126 Å². The van der Waals surface area contributed by atoms with Crippen molar-refractivity contribution in [3.05, 3.63) is 70.8 Å². The summed E-state index contributed by atoms with van der Waals surface area (Å²) < 4.78 is 0. The van der Waals surface area contributed by atoms with Crippen LogP contribution in [0.5, 0.6) is 0 Å². The van der Waals surface area contributed by atoms with Gasteiger partial charge in [-0.05, 0) is 47.9 Å². The minimum Gasteiger partial charge on any atom is -0.117 e. The molecule has 0 bridgehead atoms. The van der Waals surface area contributed by atoms with Crippen LogP contribution in [0.2, 0.25) is 0 Å². The van der Waals surface area contributed by atoms with Crippen LogP contribution in [0.25, 0.3) is 0 Å². The quantitative estimate of drug-likeness (QED) is 0.637. The van der Waals surface area contributed by atoms with Crippen molar-refractivity contribution in [3.63, 3.8) is 0 Å². The van der Waals surface area contributed by atoms with Crippen molar-refractivity contribution in [2.24, 2.45) is 0 Å². The average molecular weight is 285 g/mol. The second-order valence-corrected chi connectivity index (χ2v) is 6.18. The minimum absolute atomic E-state index is 0.0632. The van der Waals surface area contributed by atoms with Gasteiger partial charge in [0.15, 0.2) is 0 Å². The van der Waals surface area contributed by atoms with Crippen LogP contribution in [0.4, 0.5) is 0 Å². The lowest BCUT2D eigenvalue weighted by atomic mass is 9.88. The zero-order chi connectivity index (χ0) is 13.9. The SMILES string of the molecule is CCC(c1ccccc1)C(Cl)c1ccc2c(c1)CCC2. The van der Waals surface area contributed by atoms with Gasteiger partial charge in [-0.1, -0.05) is 55.5 Å². The van der Waals surface area contributed by atoms with Crippen molar-refractivity contribution in [2.45, 2.75) is 43.9 Å². The standard InChI is InChI=1S/C19H21Cl/c1-2-18(15-7-4-3-5-8-15)19(20)17-12-11-14-9-6-10-16(14)13-17/h3-5,7-8,11-13,18-19H,2,6,9-10H2,1H3. The molecule has 2 unspecified atom stereocenters. The van der Waals surface area contributed by atoms with Crippen molar-refractivity contribution >= 4 is 11.6 Å². The van der Waals surface area contributed by atoms with Crippen LogP contribution >= 0.6 is 11.6 Å². The molecule has 1 aliphatic carbocycles. The van der Waals surface area contributed by atoms with Crippen LogP contribution in [0, 0.1) is 0 Å². The summed E-state index contributed by atoms with van der Waals surface area (Å²) in [7, 11) is 0. The third kappa shape index (κ3) is 2.62. The molecule has 0 aliphatic heterocycles. The van der Waals surface area contributed by atoms with Gasteiger partial charge >= 0.3 is 0 Å². The van der Waals surface area contributed by atoms with Gasteiger partial charge in [-0.25, -0.2) is 0 Å². The fourth-order valence-electron chi connectivity index (χ4n) is 3.31. The van der Waals surface area contributed by atoms with Crippen LogP contribution < -0.4 is 0 Å². The molecule has 2 aromatic carbocycles. The maximum absolute atomic E-state index is 6.81. The van der Waals surface area contributed by atoms with Crippen molar-refractivity contribution in [2.75, 3.05) is 0 Å². The highest BCUT2D eigenvalue weighted by Gasteiger charge is 2.22. The zero-order valence-corrected chi connectivity index (χ0v) is 12.7. The molecule has 0 fully saturated rings. The van der Waals surface area contributed by atoms with Gasteiger partial charge in [0.05, 0.1) is 5.38 Å². The molecular weight excluding hydrogens is 264 g/mol. The van der Waals surface area contributed by atoms with E-state index in [4.69, 9.17) is 11.6 Å². The summed E-state index contributed by atoms with van der Waals surface area (Å²) in [5, 5.41) is 0.0632. The first kappa shape index (κ1) is 13.7. The summed E-state index contributed by atoms with van der Waals surface area (Å²) in [5.41, 5.74) is 5.65. The van der Waals surface area contributed by atoms with Gasteiger partial charge in [0.25, 0.3) is 0 Å². The average Bonchev–Trinajstić information content (AvgIpc) is 2.96. The van der Waals surface area contributed by atoms with Crippen molar-refractivity contribution in [3.8, 4) is 0 Å². The Balaban J connectivity index is 1.89. The first-order valence-electron chi connectivity index (χ1n) is 7.60. The van der Waals surface area contributed by atoms with Crippen LogP contribution in [-0.2, 0) is 12.8 Å². The van der Waals surface area contributed by atoms with Crippen molar-refractivity contribution < 1.29 is 0 Å². The Morgan fingerprint density at radius 2 is 1.70 bits per heavy atom. The van der Waals surface area contributed by atoms with Gasteiger partial charge in [0.2, 0.25) is 0 Å². The molecule has 0 aromatic heterocycles. The van der Waals surface area contributed by atoms with E-state index in [0.717, 1.165) is 6.42 Å². The zero-order valence-electron chi connectivity index (χ0n) is 12.0. The topological polar surface area (TPSA) is 0 Å². The second kappa shape index (κ2) is 6.01. The molecule has 0 amide bonds. The van der Waals surface area contributed by atoms with Crippen LogP contribution in [0.1, 0.15) is 53.3 Å². The maximum Gasteiger partial charge on any atom is 0.0653 e. The molecule has 0 N–H and O–H groups in total. The largest absolute Gasteiger partial charge is 0.117 e.